The molecule has 0 radical (unpaired) electrons. The summed E-state index contributed by atoms with van der Waals surface area (Å²) >= 11 is 0. The Balaban J connectivity index is 1.80. The second kappa shape index (κ2) is 8.67. The highest BCUT2D eigenvalue weighted by atomic mass is 16.5. The van der Waals surface area contributed by atoms with Crippen LogP contribution in [0.15, 0.2) is 59.2 Å². The molecule has 0 saturated carbocycles. The molecular formula is C20H22N2O2. The van der Waals surface area contributed by atoms with Gasteiger partial charge in [0.05, 0.1) is 6.21 Å². The molecule has 0 unspecified atom stereocenters. The fourth-order valence-corrected chi connectivity index (χ4v) is 2.04. The van der Waals surface area contributed by atoms with Crippen molar-refractivity contribution in [3.63, 3.8) is 0 Å². The number of nitrogens with one attached hydrogen (secondary N) is 1. The largest absolute Gasteiger partial charge is 0.484 e. The first-order valence-electron chi connectivity index (χ1n) is 7.80. The smallest absolute Gasteiger partial charge is 0.277 e. The van der Waals surface area contributed by atoms with E-state index in [-0.39, 0.29) is 12.5 Å². The molecule has 0 aliphatic heterocycles. The summed E-state index contributed by atoms with van der Waals surface area (Å²) in [5, 5.41) is 3.94. The van der Waals surface area contributed by atoms with Crippen molar-refractivity contribution < 1.29 is 9.53 Å². The Morgan fingerprint density at radius 2 is 1.88 bits per heavy atom. The maximum atomic E-state index is 11.7. The molecule has 2 aromatic rings. The van der Waals surface area contributed by atoms with Crippen LogP contribution in [-0.2, 0) is 4.79 Å². The van der Waals surface area contributed by atoms with Gasteiger partial charge in [-0.05, 0) is 55.2 Å². The van der Waals surface area contributed by atoms with Gasteiger partial charge >= 0.3 is 0 Å². The van der Waals surface area contributed by atoms with Crippen LogP contribution < -0.4 is 10.2 Å². The van der Waals surface area contributed by atoms with E-state index >= 15 is 0 Å². The number of benzene rings is 2. The molecule has 0 fully saturated rings. The molecule has 0 spiro atoms. The average Bonchev–Trinajstić information content (AvgIpc) is 2.57. The summed E-state index contributed by atoms with van der Waals surface area (Å²) in [4.78, 5) is 11.7. The summed E-state index contributed by atoms with van der Waals surface area (Å²) < 4.78 is 5.46. The van der Waals surface area contributed by atoms with Crippen LogP contribution in [0, 0.1) is 13.8 Å². The average molecular weight is 322 g/mol. The van der Waals surface area contributed by atoms with Crippen molar-refractivity contribution >= 4 is 18.2 Å². The summed E-state index contributed by atoms with van der Waals surface area (Å²) in [7, 11) is 0. The zero-order chi connectivity index (χ0) is 17.4. The number of hydrogen-bond donors (Lipinski definition) is 1. The van der Waals surface area contributed by atoms with E-state index < -0.39 is 0 Å². The van der Waals surface area contributed by atoms with Crippen molar-refractivity contribution in [3.8, 4) is 5.75 Å². The molecule has 0 heterocycles. The van der Waals surface area contributed by atoms with Gasteiger partial charge in [0.25, 0.3) is 5.91 Å². The number of aryl methyl sites for hydroxylation is 2. The molecule has 4 nitrogen and oxygen atoms in total. The lowest BCUT2D eigenvalue weighted by atomic mass is 10.1. The third-order valence-corrected chi connectivity index (χ3v) is 3.50. The molecule has 2 rings (SSSR count). The van der Waals surface area contributed by atoms with Gasteiger partial charge in [-0.25, -0.2) is 5.43 Å². The van der Waals surface area contributed by atoms with Gasteiger partial charge in [0, 0.05) is 0 Å². The number of hydrogen-bond acceptors (Lipinski definition) is 3. The molecule has 2 aromatic carbocycles. The fraction of sp³-hybridized carbons (Fsp3) is 0.200. The summed E-state index contributed by atoms with van der Waals surface area (Å²) in [6, 6.07) is 15.7. The van der Waals surface area contributed by atoms with Crippen molar-refractivity contribution in [1.82, 2.24) is 5.43 Å². The van der Waals surface area contributed by atoms with Gasteiger partial charge in [-0.3, -0.25) is 4.79 Å². The van der Waals surface area contributed by atoms with Crippen LogP contribution in [0.25, 0.3) is 6.08 Å². The number of amides is 1. The van der Waals surface area contributed by atoms with E-state index in [4.69, 9.17) is 4.74 Å². The van der Waals surface area contributed by atoms with Crippen LogP contribution in [0.2, 0.25) is 0 Å². The van der Waals surface area contributed by atoms with E-state index in [0.29, 0.717) is 5.75 Å². The number of rotatable bonds is 6. The Labute approximate surface area is 142 Å². The normalized spacial score (nSPS) is 11.5. The highest BCUT2D eigenvalue weighted by molar-refractivity contribution is 5.86. The monoisotopic (exact) mass is 322 g/mol. The molecule has 0 atom stereocenters. The zero-order valence-corrected chi connectivity index (χ0v) is 14.2. The number of carbonyl (C=O) groups excluding carboxylic acids is 1. The molecule has 0 aliphatic carbocycles. The number of allylic oxidation sites excluding steroid dienone is 1. The molecule has 0 bridgehead atoms. The maximum Gasteiger partial charge on any atom is 0.277 e. The Bertz CT molecular complexity index is 749. The van der Waals surface area contributed by atoms with E-state index in [1.54, 1.807) is 6.21 Å². The van der Waals surface area contributed by atoms with Crippen LogP contribution >= 0.6 is 0 Å². The SMILES string of the molecule is CC(/C=N\NC(=O)COc1ccc(C)c(C)c1)=C\c1ccccc1. The van der Waals surface area contributed by atoms with Crippen molar-refractivity contribution in [2.45, 2.75) is 20.8 Å². The Hall–Kier alpha value is -2.88. The third-order valence-electron chi connectivity index (χ3n) is 3.50. The predicted octanol–water partition coefficient (Wildman–Crippen LogP) is 3.89. The third kappa shape index (κ3) is 5.72. The minimum Gasteiger partial charge on any atom is -0.484 e. The molecule has 24 heavy (non-hydrogen) atoms. The quantitative estimate of drug-likeness (QED) is 0.648. The fourth-order valence-electron chi connectivity index (χ4n) is 2.04. The Morgan fingerprint density at radius 1 is 1.12 bits per heavy atom. The van der Waals surface area contributed by atoms with Crippen molar-refractivity contribution in [2.24, 2.45) is 5.10 Å². The standard InChI is InChI=1S/C20H22N2O2/c1-15(11-18-7-5-4-6-8-18)13-21-22-20(23)14-24-19-10-9-16(2)17(3)12-19/h4-13H,14H2,1-3H3,(H,22,23)/b15-11+,21-13-. The second-order valence-electron chi connectivity index (χ2n) is 5.63. The van der Waals surface area contributed by atoms with Crippen LogP contribution in [0.5, 0.6) is 5.75 Å². The number of hydrazone groups is 1. The molecule has 0 aliphatic rings. The first-order chi connectivity index (χ1) is 11.5. The second-order valence-corrected chi connectivity index (χ2v) is 5.63. The highest BCUT2D eigenvalue weighted by Crippen LogP contribution is 2.16. The van der Waals surface area contributed by atoms with E-state index in [2.05, 4.69) is 10.5 Å². The minimum atomic E-state index is -0.294. The summed E-state index contributed by atoms with van der Waals surface area (Å²) in [6.45, 7) is 5.90. The van der Waals surface area contributed by atoms with Crippen molar-refractivity contribution in [2.75, 3.05) is 6.61 Å². The Morgan fingerprint density at radius 3 is 2.58 bits per heavy atom. The van der Waals surface area contributed by atoms with Gasteiger partial charge in [0.1, 0.15) is 5.75 Å². The molecular weight excluding hydrogens is 300 g/mol. The lowest BCUT2D eigenvalue weighted by Crippen LogP contribution is -2.24. The zero-order valence-electron chi connectivity index (χ0n) is 14.2. The number of ether oxygens (including phenoxy) is 1. The van der Waals surface area contributed by atoms with Gasteiger partial charge in [0.15, 0.2) is 6.61 Å². The first-order valence-corrected chi connectivity index (χ1v) is 7.80. The van der Waals surface area contributed by atoms with Crippen LogP contribution in [0.4, 0.5) is 0 Å². The van der Waals surface area contributed by atoms with Crippen LogP contribution in [0.3, 0.4) is 0 Å². The lowest BCUT2D eigenvalue weighted by Gasteiger charge is -2.07. The van der Waals surface area contributed by atoms with Crippen molar-refractivity contribution in [3.05, 3.63) is 70.8 Å². The molecule has 4 heteroatoms. The van der Waals surface area contributed by atoms with E-state index in [1.165, 1.54) is 5.56 Å². The van der Waals surface area contributed by atoms with Crippen LogP contribution in [-0.4, -0.2) is 18.7 Å². The summed E-state index contributed by atoms with van der Waals surface area (Å²) in [5.41, 5.74) is 6.81. The topological polar surface area (TPSA) is 50.7 Å². The minimum absolute atomic E-state index is 0.0682. The molecule has 1 N–H and O–H groups in total. The highest BCUT2D eigenvalue weighted by Gasteiger charge is 2.02. The number of nitrogens with zero attached hydrogens (tertiary/aromatic N) is 1. The number of carbonyl (C=O) groups is 1. The predicted molar refractivity (Wildman–Crippen MR) is 98.1 cm³/mol. The Kier molecular flexibility index (Phi) is 6.32. The summed E-state index contributed by atoms with van der Waals surface area (Å²) in [6.07, 6.45) is 3.60. The van der Waals surface area contributed by atoms with E-state index in [1.807, 2.05) is 75.4 Å². The maximum absolute atomic E-state index is 11.7. The molecule has 1 amide bonds. The van der Waals surface area contributed by atoms with Crippen LogP contribution in [0.1, 0.15) is 23.6 Å². The van der Waals surface area contributed by atoms with Crippen molar-refractivity contribution in [1.29, 1.82) is 0 Å². The van der Waals surface area contributed by atoms with E-state index in [0.717, 1.165) is 16.7 Å². The first kappa shape index (κ1) is 17.5. The van der Waals surface area contributed by atoms with Gasteiger partial charge in [-0.15, -0.1) is 0 Å². The van der Waals surface area contributed by atoms with Gasteiger partial charge in [-0.1, -0.05) is 42.5 Å². The lowest BCUT2D eigenvalue weighted by molar-refractivity contribution is -0.123. The van der Waals surface area contributed by atoms with Gasteiger partial charge in [-0.2, -0.15) is 5.10 Å². The van der Waals surface area contributed by atoms with Gasteiger partial charge < -0.3 is 4.74 Å². The summed E-state index contributed by atoms with van der Waals surface area (Å²) in [5.74, 6) is 0.384. The molecule has 0 saturated heterocycles. The van der Waals surface area contributed by atoms with E-state index in [9.17, 15) is 4.79 Å². The molecule has 124 valence electrons. The molecule has 0 aromatic heterocycles. The van der Waals surface area contributed by atoms with Gasteiger partial charge in [0.2, 0.25) is 0 Å².